The first-order valence-corrected chi connectivity index (χ1v) is 10.1. The molecule has 154 valence electrons. The van der Waals surface area contributed by atoms with Crippen LogP contribution >= 0.6 is 11.6 Å². The fourth-order valence-electron chi connectivity index (χ4n) is 3.76. The third-order valence-electron chi connectivity index (χ3n) is 5.31. The van der Waals surface area contributed by atoms with Crippen molar-refractivity contribution in [2.45, 2.75) is 31.4 Å². The lowest BCUT2D eigenvalue weighted by molar-refractivity contribution is -0.122. The van der Waals surface area contributed by atoms with Gasteiger partial charge in [0.2, 0.25) is 0 Å². The molecule has 1 aromatic heterocycles. The van der Waals surface area contributed by atoms with Crippen LogP contribution in [0.25, 0.3) is 11.3 Å². The monoisotopic (exact) mass is 424 g/mol. The molecule has 1 amide bonds. The van der Waals surface area contributed by atoms with Crippen LogP contribution in [0.2, 0.25) is 5.02 Å². The summed E-state index contributed by atoms with van der Waals surface area (Å²) in [4.78, 5) is 31.1. The van der Waals surface area contributed by atoms with Crippen LogP contribution in [0.3, 0.4) is 0 Å². The number of amides is 1. The Morgan fingerprint density at radius 2 is 2.00 bits per heavy atom. The summed E-state index contributed by atoms with van der Waals surface area (Å²) in [5, 5.41) is 10.5. The molecule has 3 aromatic rings. The van der Waals surface area contributed by atoms with Gasteiger partial charge in [-0.15, -0.1) is 0 Å². The first-order valence-electron chi connectivity index (χ1n) is 9.76. The minimum Gasteiger partial charge on any atom is -0.444 e. The lowest BCUT2D eigenvalue weighted by atomic mass is 10.00. The number of aliphatic hydroxyl groups is 1. The SMILES string of the molecule is O=C(CCc1ccc(-c2cnco2)cc1)[C@@H]1C[C@@H](O)CN1C(=O)c1cccc(Cl)c1. The summed E-state index contributed by atoms with van der Waals surface area (Å²) in [6.45, 7) is 0.146. The van der Waals surface area contributed by atoms with Gasteiger partial charge in [-0.1, -0.05) is 41.9 Å². The number of aliphatic hydroxyl groups excluding tert-OH is 1. The number of rotatable bonds is 6. The highest BCUT2D eigenvalue weighted by atomic mass is 35.5. The van der Waals surface area contributed by atoms with Gasteiger partial charge in [0.25, 0.3) is 5.91 Å². The van der Waals surface area contributed by atoms with E-state index in [4.69, 9.17) is 16.0 Å². The van der Waals surface area contributed by atoms with E-state index in [1.807, 2.05) is 24.3 Å². The van der Waals surface area contributed by atoms with Crippen molar-refractivity contribution in [2.75, 3.05) is 6.54 Å². The van der Waals surface area contributed by atoms with Gasteiger partial charge in [-0.2, -0.15) is 0 Å². The molecule has 7 heteroatoms. The zero-order valence-electron chi connectivity index (χ0n) is 16.2. The number of carbonyl (C=O) groups is 2. The molecular weight excluding hydrogens is 404 g/mol. The molecule has 4 rings (SSSR count). The largest absolute Gasteiger partial charge is 0.444 e. The topological polar surface area (TPSA) is 83.6 Å². The van der Waals surface area contributed by atoms with E-state index in [2.05, 4.69) is 4.98 Å². The van der Waals surface area contributed by atoms with E-state index in [1.165, 1.54) is 11.3 Å². The Bertz CT molecular complexity index is 1030. The summed E-state index contributed by atoms with van der Waals surface area (Å²) in [6.07, 6.45) is 3.43. The van der Waals surface area contributed by atoms with E-state index in [0.717, 1.165) is 11.1 Å². The fraction of sp³-hybridized carbons (Fsp3) is 0.261. The van der Waals surface area contributed by atoms with Crippen molar-refractivity contribution in [1.29, 1.82) is 0 Å². The second-order valence-electron chi connectivity index (χ2n) is 7.40. The maximum Gasteiger partial charge on any atom is 0.254 e. The smallest absolute Gasteiger partial charge is 0.254 e. The van der Waals surface area contributed by atoms with Crippen molar-refractivity contribution in [3.05, 3.63) is 77.3 Å². The molecule has 0 aliphatic carbocycles. The lowest BCUT2D eigenvalue weighted by Crippen LogP contribution is -2.40. The highest BCUT2D eigenvalue weighted by Gasteiger charge is 2.38. The van der Waals surface area contributed by atoms with E-state index in [9.17, 15) is 14.7 Å². The Kier molecular flexibility index (Phi) is 5.97. The molecule has 1 saturated heterocycles. The van der Waals surface area contributed by atoms with Crippen LogP contribution in [0.15, 0.2) is 65.5 Å². The third-order valence-corrected chi connectivity index (χ3v) is 5.55. The molecule has 30 heavy (non-hydrogen) atoms. The number of halogens is 1. The van der Waals surface area contributed by atoms with Crippen LogP contribution in [-0.2, 0) is 11.2 Å². The summed E-state index contributed by atoms with van der Waals surface area (Å²) in [5.41, 5.74) is 2.34. The number of aromatic nitrogens is 1. The van der Waals surface area contributed by atoms with Gasteiger partial charge in [-0.05, 0) is 30.2 Å². The van der Waals surface area contributed by atoms with Crippen LogP contribution in [0.4, 0.5) is 0 Å². The van der Waals surface area contributed by atoms with Gasteiger partial charge < -0.3 is 14.4 Å². The highest BCUT2D eigenvalue weighted by molar-refractivity contribution is 6.31. The summed E-state index contributed by atoms with van der Waals surface area (Å²) >= 11 is 5.99. The van der Waals surface area contributed by atoms with Crippen molar-refractivity contribution in [3.8, 4) is 11.3 Å². The second kappa shape index (κ2) is 8.81. The number of likely N-dealkylation sites (tertiary alicyclic amines) is 1. The van der Waals surface area contributed by atoms with Gasteiger partial charge in [0.15, 0.2) is 17.9 Å². The molecule has 1 aliphatic heterocycles. The average Bonchev–Trinajstić information content (AvgIpc) is 3.42. The van der Waals surface area contributed by atoms with Crippen LogP contribution in [0.5, 0.6) is 0 Å². The summed E-state index contributed by atoms with van der Waals surface area (Å²) in [6, 6.07) is 13.7. The molecule has 0 saturated carbocycles. The van der Waals surface area contributed by atoms with Gasteiger partial charge >= 0.3 is 0 Å². The Labute approximate surface area is 179 Å². The molecule has 2 heterocycles. The number of oxazole rings is 1. The van der Waals surface area contributed by atoms with Crippen molar-refractivity contribution in [1.82, 2.24) is 9.88 Å². The van der Waals surface area contributed by atoms with E-state index in [1.54, 1.807) is 30.5 Å². The molecule has 1 aliphatic rings. The predicted octanol–water partition coefficient (Wildman–Crippen LogP) is 3.77. The number of ketones is 1. The van der Waals surface area contributed by atoms with Crippen LogP contribution in [0.1, 0.15) is 28.8 Å². The number of Topliss-reactive ketones (excluding diaryl/α,β-unsaturated/α-hetero) is 1. The summed E-state index contributed by atoms with van der Waals surface area (Å²) < 4.78 is 5.28. The Hall–Kier alpha value is -2.96. The molecule has 1 N–H and O–H groups in total. The van der Waals surface area contributed by atoms with E-state index >= 15 is 0 Å². The molecular formula is C23H21ClN2O4. The number of hydrogen-bond acceptors (Lipinski definition) is 5. The van der Waals surface area contributed by atoms with E-state index < -0.39 is 12.1 Å². The molecule has 0 radical (unpaired) electrons. The minimum atomic E-state index is -0.705. The molecule has 2 atom stereocenters. The number of nitrogens with zero attached hydrogens (tertiary/aromatic N) is 2. The molecule has 0 unspecified atom stereocenters. The van der Waals surface area contributed by atoms with Gasteiger partial charge in [-0.25, -0.2) is 4.98 Å². The van der Waals surface area contributed by atoms with Crippen molar-refractivity contribution < 1.29 is 19.1 Å². The number of hydrogen-bond donors (Lipinski definition) is 1. The molecule has 2 aromatic carbocycles. The minimum absolute atomic E-state index is 0.0544. The summed E-state index contributed by atoms with van der Waals surface area (Å²) in [5.74, 6) is 0.345. The fourth-order valence-corrected chi connectivity index (χ4v) is 3.95. The first-order chi connectivity index (χ1) is 14.5. The number of β-amino-alcohol motifs (C(OH)–C–C–N with tert-alkyl or cyclic N) is 1. The average molecular weight is 425 g/mol. The zero-order valence-corrected chi connectivity index (χ0v) is 17.0. The predicted molar refractivity (Wildman–Crippen MR) is 112 cm³/mol. The maximum absolute atomic E-state index is 12.9. The van der Waals surface area contributed by atoms with E-state index in [0.29, 0.717) is 29.2 Å². The lowest BCUT2D eigenvalue weighted by Gasteiger charge is -2.23. The first kappa shape index (κ1) is 20.3. The maximum atomic E-state index is 12.9. The third kappa shape index (κ3) is 4.45. The Morgan fingerprint density at radius 1 is 1.20 bits per heavy atom. The van der Waals surface area contributed by atoms with E-state index in [-0.39, 0.29) is 24.7 Å². The van der Waals surface area contributed by atoms with Crippen molar-refractivity contribution >= 4 is 23.3 Å². The molecule has 6 nitrogen and oxygen atoms in total. The zero-order chi connectivity index (χ0) is 21.1. The van der Waals surface area contributed by atoms with Gasteiger partial charge in [0.1, 0.15) is 0 Å². The number of carbonyl (C=O) groups excluding carboxylic acids is 2. The Balaban J connectivity index is 1.41. The van der Waals surface area contributed by atoms with Gasteiger partial charge in [-0.3, -0.25) is 9.59 Å². The van der Waals surface area contributed by atoms with Crippen LogP contribution < -0.4 is 0 Å². The Morgan fingerprint density at radius 3 is 2.70 bits per heavy atom. The summed E-state index contributed by atoms with van der Waals surface area (Å²) in [7, 11) is 0. The second-order valence-corrected chi connectivity index (χ2v) is 7.84. The molecule has 1 fully saturated rings. The van der Waals surface area contributed by atoms with Crippen LogP contribution in [-0.4, -0.2) is 45.4 Å². The standard InChI is InChI=1S/C23H21ClN2O4/c24-18-3-1-2-17(10-18)23(29)26-13-19(27)11-20(26)21(28)9-6-15-4-7-16(8-5-15)22-12-25-14-30-22/h1-5,7-8,10,12,14,19-20,27H,6,9,11,13H2/t19-,20+/m1/s1. The van der Waals surface area contributed by atoms with Crippen LogP contribution in [0, 0.1) is 0 Å². The molecule has 0 spiro atoms. The quantitative estimate of drug-likeness (QED) is 0.651. The molecule has 0 bridgehead atoms. The van der Waals surface area contributed by atoms with Gasteiger partial charge in [0.05, 0.1) is 18.3 Å². The van der Waals surface area contributed by atoms with Crippen molar-refractivity contribution in [3.63, 3.8) is 0 Å². The number of aryl methyl sites for hydroxylation is 1. The van der Waals surface area contributed by atoms with Gasteiger partial charge in [0, 0.05) is 35.5 Å². The highest BCUT2D eigenvalue weighted by Crippen LogP contribution is 2.25. The number of benzene rings is 2. The van der Waals surface area contributed by atoms with Crippen molar-refractivity contribution in [2.24, 2.45) is 0 Å². The normalized spacial score (nSPS) is 18.5.